The fourth-order valence-electron chi connectivity index (χ4n) is 4.80. The highest BCUT2D eigenvalue weighted by molar-refractivity contribution is 6.55. The molecular formula is C19H18Cl2FN3O5. The molecule has 4 rings (SSSR count). The van der Waals surface area contributed by atoms with Gasteiger partial charge in [-0.1, -0.05) is 23.2 Å². The van der Waals surface area contributed by atoms with Crippen molar-refractivity contribution in [1.82, 2.24) is 10.6 Å². The van der Waals surface area contributed by atoms with E-state index in [4.69, 9.17) is 27.9 Å². The number of anilines is 1. The predicted octanol–water partition coefficient (Wildman–Crippen LogP) is 1.70. The van der Waals surface area contributed by atoms with Crippen LogP contribution in [-0.2, 0) is 20.7 Å². The third kappa shape index (κ3) is 2.99. The third-order valence-corrected chi connectivity index (χ3v) is 6.23. The van der Waals surface area contributed by atoms with Gasteiger partial charge in [-0.15, -0.1) is 0 Å². The molecule has 2 saturated heterocycles. The number of carbonyl (C=O) groups excluding carboxylic acids is 4. The first-order chi connectivity index (χ1) is 14.1. The summed E-state index contributed by atoms with van der Waals surface area (Å²) in [6.07, 6.45) is -1.17. The zero-order valence-corrected chi connectivity index (χ0v) is 17.5. The van der Waals surface area contributed by atoms with Crippen molar-refractivity contribution in [3.05, 3.63) is 29.1 Å². The van der Waals surface area contributed by atoms with Gasteiger partial charge in [-0.2, -0.15) is 0 Å². The number of urea groups is 1. The van der Waals surface area contributed by atoms with Crippen LogP contribution in [0.25, 0.3) is 0 Å². The van der Waals surface area contributed by atoms with Crippen LogP contribution in [0.2, 0.25) is 0 Å². The lowest BCUT2D eigenvalue weighted by Gasteiger charge is -2.55. The average molecular weight is 458 g/mol. The molecule has 0 radical (unpaired) electrons. The number of nitrogens with zero attached hydrogens (tertiary/aromatic N) is 1. The molecule has 1 aromatic rings. The summed E-state index contributed by atoms with van der Waals surface area (Å²) >= 11 is 11.3. The number of imide groups is 2. The van der Waals surface area contributed by atoms with Crippen LogP contribution in [-0.4, -0.2) is 53.3 Å². The van der Waals surface area contributed by atoms with Crippen molar-refractivity contribution in [3.63, 3.8) is 0 Å². The summed E-state index contributed by atoms with van der Waals surface area (Å²) in [6, 6.07) is 0.647. The number of ketones is 1. The molecule has 0 bridgehead atoms. The standard InChI is InChI=1S/C19H18Cl2FN3O5/c1-7-6-25-12-10(3-9(4-11(12)22)13(26)15(20)21)5-19(14(25)8(2)30-7)16(27)23-18(29)24-17(19)28/h3-4,7-8,14-15H,5-6H2,1-2H3,(H2,23,24,27,28,29)/t7-,8+,14-/m1/s1. The van der Waals surface area contributed by atoms with Crippen molar-refractivity contribution in [3.8, 4) is 0 Å². The first-order valence-electron chi connectivity index (χ1n) is 9.30. The maximum absolute atomic E-state index is 15.2. The van der Waals surface area contributed by atoms with E-state index >= 15 is 4.39 Å². The Hall–Kier alpha value is -2.23. The molecule has 3 heterocycles. The van der Waals surface area contributed by atoms with Crippen LogP contribution in [0, 0.1) is 11.2 Å². The number of halogens is 3. The maximum atomic E-state index is 15.2. The lowest BCUT2D eigenvalue weighted by molar-refractivity contribution is -0.153. The van der Waals surface area contributed by atoms with E-state index in [1.54, 1.807) is 18.7 Å². The highest BCUT2D eigenvalue weighted by Crippen LogP contribution is 2.47. The molecule has 0 unspecified atom stereocenters. The maximum Gasteiger partial charge on any atom is 0.328 e. The normalized spacial score (nSPS) is 27.5. The number of hydrogen-bond donors (Lipinski definition) is 2. The molecule has 0 aliphatic carbocycles. The summed E-state index contributed by atoms with van der Waals surface area (Å²) in [6.45, 7) is 3.69. The molecule has 1 spiro atoms. The highest BCUT2D eigenvalue weighted by Gasteiger charge is 2.63. The van der Waals surface area contributed by atoms with Crippen LogP contribution in [0.3, 0.4) is 0 Å². The number of benzene rings is 1. The number of hydrogen-bond acceptors (Lipinski definition) is 6. The molecule has 2 N–H and O–H groups in total. The Morgan fingerprint density at radius 3 is 2.47 bits per heavy atom. The Balaban J connectivity index is 1.93. The van der Waals surface area contributed by atoms with Crippen LogP contribution < -0.4 is 15.5 Å². The van der Waals surface area contributed by atoms with Gasteiger partial charge in [0.05, 0.1) is 23.9 Å². The van der Waals surface area contributed by atoms with Gasteiger partial charge in [0.15, 0.2) is 16.0 Å². The molecule has 160 valence electrons. The highest BCUT2D eigenvalue weighted by atomic mass is 35.5. The summed E-state index contributed by atoms with van der Waals surface area (Å²) in [4.78, 5) is 50.2. The first-order valence-corrected chi connectivity index (χ1v) is 10.2. The molecule has 2 fully saturated rings. The van der Waals surface area contributed by atoms with Gasteiger partial charge in [-0.3, -0.25) is 25.0 Å². The molecule has 30 heavy (non-hydrogen) atoms. The zero-order valence-electron chi connectivity index (χ0n) is 16.0. The van der Waals surface area contributed by atoms with E-state index in [1.165, 1.54) is 6.07 Å². The van der Waals surface area contributed by atoms with Crippen molar-refractivity contribution in [2.24, 2.45) is 5.41 Å². The zero-order chi connectivity index (χ0) is 22.0. The number of morpholine rings is 1. The minimum atomic E-state index is -1.75. The largest absolute Gasteiger partial charge is 0.372 e. The Labute approximate surface area is 181 Å². The number of carbonyl (C=O) groups is 4. The van der Waals surface area contributed by atoms with Crippen LogP contribution >= 0.6 is 23.2 Å². The topological polar surface area (TPSA) is 105 Å². The summed E-state index contributed by atoms with van der Waals surface area (Å²) in [7, 11) is 0. The minimum absolute atomic E-state index is 0.0723. The van der Waals surface area contributed by atoms with Gasteiger partial charge in [0.25, 0.3) is 0 Å². The second-order valence-corrected chi connectivity index (χ2v) is 8.86. The summed E-state index contributed by atoms with van der Waals surface area (Å²) < 4.78 is 21.1. The minimum Gasteiger partial charge on any atom is -0.372 e. The van der Waals surface area contributed by atoms with Crippen LogP contribution in [0.5, 0.6) is 0 Å². The van der Waals surface area contributed by atoms with Crippen molar-refractivity contribution < 1.29 is 28.3 Å². The second-order valence-electron chi connectivity index (χ2n) is 7.77. The van der Waals surface area contributed by atoms with Gasteiger partial charge in [-0.25, -0.2) is 9.18 Å². The van der Waals surface area contributed by atoms with Crippen LogP contribution in [0.4, 0.5) is 14.9 Å². The van der Waals surface area contributed by atoms with E-state index in [-0.39, 0.29) is 35.9 Å². The number of barbiturate groups is 1. The monoisotopic (exact) mass is 457 g/mol. The lowest BCUT2D eigenvalue weighted by atomic mass is 9.66. The SMILES string of the molecule is C[C@@H]1CN2c3c(F)cc(C(=O)C(Cl)Cl)cc3CC3(C(=O)NC(=O)NC3=O)[C@H]2[C@H](C)O1. The van der Waals surface area contributed by atoms with Crippen molar-refractivity contribution in [2.75, 3.05) is 11.4 Å². The molecule has 0 aromatic heterocycles. The van der Waals surface area contributed by atoms with Gasteiger partial charge in [-0.05, 0) is 31.5 Å². The molecule has 8 nitrogen and oxygen atoms in total. The summed E-state index contributed by atoms with van der Waals surface area (Å²) in [5.41, 5.74) is -1.38. The quantitative estimate of drug-likeness (QED) is 0.397. The van der Waals surface area contributed by atoms with E-state index in [2.05, 4.69) is 10.6 Å². The lowest BCUT2D eigenvalue weighted by Crippen LogP contribution is -2.75. The number of fused-ring (bicyclic) bond motifs is 4. The number of amides is 4. The molecular weight excluding hydrogens is 440 g/mol. The molecule has 3 aliphatic rings. The van der Waals surface area contributed by atoms with Crippen molar-refractivity contribution >= 4 is 52.5 Å². The average Bonchev–Trinajstić information content (AvgIpc) is 2.64. The van der Waals surface area contributed by atoms with E-state index < -0.39 is 51.8 Å². The number of nitrogens with one attached hydrogen (secondary N) is 2. The van der Waals surface area contributed by atoms with E-state index in [0.29, 0.717) is 0 Å². The van der Waals surface area contributed by atoms with E-state index in [9.17, 15) is 19.2 Å². The van der Waals surface area contributed by atoms with Gasteiger partial charge < -0.3 is 9.64 Å². The molecule has 11 heteroatoms. The Morgan fingerprint density at radius 1 is 1.23 bits per heavy atom. The van der Waals surface area contributed by atoms with E-state index in [0.717, 1.165) is 6.07 Å². The fourth-order valence-corrected chi connectivity index (χ4v) is 5.06. The first kappa shape index (κ1) is 21.0. The predicted molar refractivity (Wildman–Crippen MR) is 105 cm³/mol. The Morgan fingerprint density at radius 2 is 1.87 bits per heavy atom. The number of alkyl halides is 2. The molecule has 3 atom stereocenters. The third-order valence-electron chi connectivity index (χ3n) is 5.83. The molecule has 3 aliphatic heterocycles. The molecule has 4 amide bonds. The Bertz CT molecular complexity index is 965. The van der Waals surface area contributed by atoms with Crippen molar-refractivity contribution in [1.29, 1.82) is 0 Å². The summed E-state index contributed by atoms with van der Waals surface area (Å²) in [5, 5.41) is 4.28. The fraction of sp³-hybridized carbons (Fsp3) is 0.474. The summed E-state index contributed by atoms with van der Waals surface area (Å²) in [5.74, 6) is -3.00. The van der Waals surface area contributed by atoms with Gasteiger partial charge in [0.2, 0.25) is 11.8 Å². The van der Waals surface area contributed by atoms with Crippen LogP contribution in [0.15, 0.2) is 12.1 Å². The molecule has 0 saturated carbocycles. The van der Waals surface area contributed by atoms with Crippen LogP contribution in [0.1, 0.15) is 29.8 Å². The van der Waals surface area contributed by atoms with E-state index in [1.807, 2.05) is 0 Å². The number of rotatable bonds is 2. The molecule has 1 aromatic carbocycles. The van der Waals surface area contributed by atoms with Gasteiger partial charge >= 0.3 is 6.03 Å². The van der Waals surface area contributed by atoms with Crippen molar-refractivity contribution in [2.45, 2.75) is 43.4 Å². The smallest absolute Gasteiger partial charge is 0.328 e. The van der Waals surface area contributed by atoms with Gasteiger partial charge in [0, 0.05) is 18.5 Å². The number of ether oxygens (including phenoxy) is 1. The Kier molecular flexibility index (Phi) is 5.03. The number of Topliss-reactive ketones (excluding diaryl/α,β-unsaturated/α-hetero) is 1. The second kappa shape index (κ2) is 7.18. The van der Waals surface area contributed by atoms with Gasteiger partial charge in [0.1, 0.15) is 5.82 Å².